The Labute approximate surface area is 231 Å². The zero-order valence-electron chi connectivity index (χ0n) is 22.0. The Bertz CT molecular complexity index is 1340. The lowest BCUT2D eigenvalue weighted by Crippen LogP contribution is -2.53. The minimum absolute atomic E-state index is 0.0454. The molecule has 15 heteroatoms. The van der Waals surface area contributed by atoms with Crippen LogP contribution in [0.2, 0.25) is 0 Å². The van der Waals surface area contributed by atoms with E-state index in [1.54, 1.807) is 0 Å². The van der Waals surface area contributed by atoms with Crippen molar-refractivity contribution in [1.82, 2.24) is 9.80 Å². The van der Waals surface area contributed by atoms with Crippen molar-refractivity contribution in [1.29, 1.82) is 0 Å². The molecule has 6 nitrogen and oxygen atoms in total. The van der Waals surface area contributed by atoms with Gasteiger partial charge in [0.15, 0.2) is 0 Å². The molecule has 1 fully saturated rings. The van der Waals surface area contributed by atoms with Crippen molar-refractivity contribution in [2.45, 2.75) is 56.3 Å². The normalized spacial score (nSPS) is 20.9. The lowest BCUT2D eigenvalue weighted by molar-refractivity contribution is -0.0500. The molecule has 2 aromatic carbocycles. The van der Waals surface area contributed by atoms with Gasteiger partial charge in [0.2, 0.25) is 0 Å². The molecule has 2 atom stereocenters. The van der Waals surface area contributed by atoms with Crippen LogP contribution in [0.25, 0.3) is 0 Å². The Morgan fingerprint density at radius 2 is 1.63 bits per heavy atom. The summed E-state index contributed by atoms with van der Waals surface area (Å²) in [6.07, 6.45) is -0.0716. The van der Waals surface area contributed by atoms with Gasteiger partial charge in [0.25, 0.3) is 5.92 Å². The number of nitrogens with zero attached hydrogens (tertiary/aromatic N) is 2. The van der Waals surface area contributed by atoms with Gasteiger partial charge >= 0.3 is 15.6 Å². The first kappa shape index (κ1) is 31.3. The van der Waals surface area contributed by atoms with Crippen LogP contribution in [0.4, 0.5) is 35.1 Å². The zero-order chi connectivity index (χ0) is 30.3. The number of alkyl halides is 6. The fourth-order valence-corrected chi connectivity index (χ4v) is 5.61. The second-order valence-corrected chi connectivity index (χ2v) is 11.9. The highest BCUT2D eigenvalue weighted by atomic mass is 32.2. The molecular weight excluding hydrogens is 588 g/mol. The van der Waals surface area contributed by atoms with Gasteiger partial charge in [0, 0.05) is 50.3 Å². The van der Waals surface area contributed by atoms with E-state index in [4.69, 9.17) is 4.74 Å². The molecule has 0 aliphatic carbocycles. The molecule has 0 aromatic heterocycles. The third-order valence-corrected chi connectivity index (χ3v) is 7.91. The highest BCUT2D eigenvalue weighted by molar-refractivity contribution is 7.88. The van der Waals surface area contributed by atoms with Crippen molar-refractivity contribution < 1.29 is 52.5 Å². The highest BCUT2D eigenvalue weighted by Crippen LogP contribution is 2.43. The van der Waals surface area contributed by atoms with Crippen molar-refractivity contribution >= 4 is 10.1 Å². The molecular formula is C26H28F8N2O4S. The minimum Gasteiger partial charge on any atom is -0.488 e. The molecule has 0 unspecified atom stereocenters. The Hall–Kier alpha value is -2.65. The van der Waals surface area contributed by atoms with Gasteiger partial charge in [-0.2, -0.15) is 21.6 Å². The number of rotatable bonds is 10. The molecule has 0 N–H and O–H groups in total. The van der Waals surface area contributed by atoms with E-state index in [-0.39, 0.29) is 29.4 Å². The van der Waals surface area contributed by atoms with Crippen LogP contribution >= 0.6 is 0 Å². The fraction of sp³-hybridized carbons (Fsp3) is 0.538. The topological polar surface area (TPSA) is 59.1 Å². The van der Waals surface area contributed by atoms with Crippen LogP contribution in [0.3, 0.4) is 0 Å². The number of likely N-dealkylation sites (tertiary alicyclic amines) is 1. The maximum Gasteiger partial charge on any atom is 0.534 e. The summed E-state index contributed by atoms with van der Waals surface area (Å²) in [5, 5.41) is 0. The summed E-state index contributed by atoms with van der Waals surface area (Å²) in [5.74, 6) is -6.28. The van der Waals surface area contributed by atoms with Crippen molar-refractivity contribution in [3.63, 3.8) is 0 Å². The van der Waals surface area contributed by atoms with Crippen molar-refractivity contribution in [3.05, 3.63) is 58.7 Å². The SMILES string of the molecule is C[C@@H]1Cc2cc(OS(=O)(=O)C(F)(F)F)ccc2[C@@H](c2c(F)cc(OC3CN(CCCF)C3)cc2F)N1CC(C)(F)F. The lowest BCUT2D eigenvalue weighted by Gasteiger charge is -2.43. The summed E-state index contributed by atoms with van der Waals surface area (Å²) >= 11 is 0. The molecule has 228 valence electrons. The second kappa shape index (κ2) is 11.6. The number of fused-ring (bicyclic) bond motifs is 1. The monoisotopic (exact) mass is 616 g/mol. The summed E-state index contributed by atoms with van der Waals surface area (Å²) in [7, 11) is -5.99. The Morgan fingerprint density at radius 3 is 2.20 bits per heavy atom. The number of hydrogen-bond donors (Lipinski definition) is 0. The van der Waals surface area contributed by atoms with Crippen LogP contribution in [0.5, 0.6) is 11.5 Å². The van der Waals surface area contributed by atoms with Gasteiger partial charge in [-0.05, 0) is 43.0 Å². The van der Waals surface area contributed by atoms with Crippen LogP contribution in [0.1, 0.15) is 43.0 Å². The quantitative estimate of drug-likeness (QED) is 0.197. The highest BCUT2D eigenvalue weighted by Gasteiger charge is 2.49. The van der Waals surface area contributed by atoms with Gasteiger partial charge in [-0.3, -0.25) is 14.2 Å². The van der Waals surface area contributed by atoms with Crippen LogP contribution in [0.15, 0.2) is 30.3 Å². The number of benzene rings is 2. The molecule has 2 heterocycles. The minimum atomic E-state index is -5.99. The maximum absolute atomic E-state index is 15.6. The molecule has 41 heavy (non-hydrogen) atoms. The van der Waals surface area contributed by atoms with Gasteiger partial charge in [-0.1, -0.05) is 6.07 Å². The van der Waals surface area contributed by atoms with Gasteiger partial charge in [-0.15, -0.1) is 0 Å². The van der Waals surface area contributed by atoms with E-state index in [0.717, 1.165) is 30.3 Å². The van der Waals surface area contributed by atoms with E-state index in [0.29, 0.717) is 33.0 Å². The molecule has 0 spiro atoms. The molecule has 0 saturated carbocycles. The van der Waals surface area contributed by atoms with Crippen LogP contribution < -0.4 is 8.92 Å². The largest absolute Gasteiger partial charge is 0.534 e. The fourth-order valence-electron chi connectivity index (χ4n) is 5.15. The van der Waals surface area contributed by atoms with Crippen LogP contribution in [-0.2, 0) is 16.5 Å². The number of ether oxygens (including phenoxy) is 1. The van der Waals surface area contributed by atoms with Gasteiger partial charge in [-0.25, -0.2) is 17.6 Å². The van der Waals surface area contributed by atoms with Gasteiger partial charge in [0.05, 0.1) is 19.3 Å². The Balaban J connectivity index is 1.68. The molecule has 1 saturated heterocycles. The van der Waals surface area contributed by atoms with Crippen molar-refractivity contribution in [2.75, 3.05) is 32.9 Å². The van der Waals surface area contributed by atoms with E-state index < -0.39 is 69.8 Å². The standard InChI is InChI=1S/C26H28F8N2O4S/c1-15-8-16-9-17(40-41(37,38)26(32,33)34)4-5-20(16)24(36(15)14-25(2,30)31)23-21(28)10-18(11-22(23)29)39-19-12-35(13-19)7-3-6-27/h4-5,9-11,15,19,24H,3,6-8,12-14H2,1-2H3/t15-,24+/m1/s1. The van der Waals surface area contributed by atoms with Crippen molar-refractivity contribution in [3.8, 4) is 11.5 Å². The molecule has 0 bridgehead atoms. The van der Waals surface area contributed by atoms with Crippen LogP contribution in [0, 0.1) is 11.6 Å². The molecule has 2 aliphatic heterocycles. The van der Waals surface area contributed by atoms with E-state index in [9.17, 15) is 34.8 Å². The number of halogens is 8. The van der Waals surface area contributed by atoms with Gasteiger partial charge in [0.1, 0.15) is 29.2 Å². The first-order valence-corrected chi connectivity index (χ1v) is 14.1. The predicted octanol–water partition coefficient (Wildman–Crippen LogP) is 5.61. The first-order chi connectivity index (χ1) is 19.0. The summed E-state index contributed by atoms with van der Waals surface area (Å²) in [5.41, 5.74) is -6.00. The Morgan fingerprint density at radius 1 is 1.00 bits per heavy atom. The van der Waals surface area contributed by atoms with E-state index in [1.807, 2.05) is 4.90 Å². The van der Waals surface area contributed by atoms with E-state index in [2.05, 4.69) is 4.18 Å². The summed E-state index contributed by atoms with van der Waals surface area (Å²) < 4.78 is 143. The number of hydrogen-bond acceptors (Lipinski definition) is 6. The Kier molecular flexibility index (Phi) is 8.82. The molecule has 2 aromatic rings. The van der Waals surface area contributed by atoms with Gasteiger partial charge < -0.3 is 8.92 Å². The molecule has 0 radical (unpaired) electrons. The van der Waals surface area contributed by atoms with E-state index in [1.165, 1.54) is 11.8 Å². The average Bonchev–Trinajstić information content (AvgIpc) is 2.80. The zero-order valence-corrected chi connectivity index (χ0v) is 22.8. The first-order valence-electron chi connectivity index (χ1n) is 12.7. The lowest BCUT2D eigenvalue weighted by atomic mass is 9.84. The molecule has 2 aliphatic rings. The predicted molar refractivity (Wildman–Crippen MR) is 132 cm³/mol. The third kappa shape index (κ3) is 7.05. The smallest absolute Gasteiger partial charge is 0.488 e. The third-order valence-electron chi connectivity index (χ3n) is 6.93. The summed E-state index contributed by atoms with van der Waals surface area (Å²) in [6.45, 7) is 2.17. The molecule has 0 amide bonds. The molecule has 4 rings (SSSR count). The van der Waals surface area contributed by atoms with Crippen molar-refractivity contribution in [2.24, 2.45) is 0 Å². The summed E-state index contributed by atoms with van der Waals surface area (Å²) in [6, 6.07) is 2.61. The van der Waals surface area contributed by atoms with Crippen LogP contribution in [-0.4, -0.2) is 74.6 Å². The summed E-state index contributed by atoms with van der Waals surface area (Å²) in [4.78, 5) is 3.10. The maximum atomic E-state index is 15.6. The van der Waals surface area contributed by atoms with E-state index >= 15 is 8.78 Å². The average molecular weight is 617 g/mol. The second-order valence-electron chi connectivity index (χ2n) is 10.4.